The monoisotopic (exact) mass is 496 g/mol. The molecule has 0 saturated heterocycles. The Balaban J connectivity index is 1.31. The number of fused-ring (bicyclic) bond motifs is 9. The van der Waals surface area contributed by atoms with E-state index in [0.717, 1.165) is 71.6 Å². The minimum atomic E-state index is 0.634. The predicted octanol–water partition coefficient (Wildman–Crippen LogP) is 8.55. The van der Waals surface area contributed by atoms with Crippen molar-refractivity contribution in [1.82, 2.24) is 14.4 Å². The highest BCUT2D eigenvalue weighted by Gasteiger charge is 2.15. The Morgan fingerprint density at radius 2 is 1.28 bits per heavy atom. The molecule has 0 radical (unpaired) electrons. The first-order chi connectivity index (χ1) is 19.3. The van der Waals surface area contributed by atoms with Crippen LogP contribution in [-0.2, 0) is 0 Å². The number of nitrogens with zero attached hydrogens (tertiary/aromatic N) is 4. The van der Waals surface area contributed by atoms with Crippen LogP contribution in [0.25, 0.3) is 71.6 Å². The average Bonchev–Trinajstić information content (AvgIpc) is 3.40. The lowest BCUT2D eigenvalue weighted by molar-refractivity contribution is 1.31. The first-order valence-electron chi connectivity index (χ1n) is 12.9. The molecule has 0 unspecified atom stereocenters. The van der Waals surface area contributed by atoms with E-state index in [2.05, 4.69) is 83.3 Å². The van der Waals surface area contributed by atoms with Crippen molar-refractivity contribution in [3.8, 4) is 28.5 Å². The molecule has 3 heterocycles. The number of hydrogen-bond acceptors (Lipinski definition) is 3. The summed E-state index contributed by atoms with van der Waals surface area (Å²) < 4.78 is 2.18. The van der Waals surface area contributed by atoms with E-state index in [-0.39, 0.29) is 0 Å². The summed E-state index contributed by atoms with van der Waals surface area (Å²) in [5, 5.41) is 14.1. The van der Waals surface area contributed by atoms with Crippen LogP contribution in [0.15, 0.2) is 121 Å². The molecule has 5 aromatic carbocycles. The van der Waals surface area contributed by atoms with E-state index >= 15 is 0 Å². The molecule has 0 spiro atoms. The summed E-state index contributed by atoms with van der Waals surface area (Å²) >= 11 is 0. The highest BCUT2D eigenvalue weighted by molar-refractivity contribution is 6.15. The lowest BCUT2D eigenvalue weighted by Gasteiger charge is -2.12. The number of benzene rings is 5. The number of hydrogen-bond donors (Lipinski definition) is 0. The molecular weight excluding hydrogens is 476 g/mol. The van der Waals surface area contributed by atoms with Crippen molar-refractivity contribution in [1.29, 1.82) is 5.26 Å². The summed E-state index contributed by atoms with van der Waals surface area (Å²) in [5.74, 6) is 0. The Labute approximate surface area is 224 Å². The minimum Gasteiger partial charge on any atom is -0.292 e. The van der Waals surface area contributed by atoms with Gasteiger partial charge in [0, 0.05) is 21.7 Å². The van der Waals surface area contributed by atoms with Crippen LogP contribution in [0, 0.1) is 11.3 Å². The van der Waals surface area contributed by atoms with Crippen LogP contribution in [0.3, 0.4) is 0 Å². The van der Waals surface area contributed by atoms with Crippen molar-refractivity contribution in [2.75, 3.05) is 0 Å². The molecule has 0 aliphatic carbocycles. The lowest BCUT2D eigenvalue weighted by atomic mass is 9.97. The maximum atomic E-state index is 9.62. The van der Waals surface area contributed by atoms with Crippen LogP contribution in [-0.4, -0.2) is 14.4 Å². The predicted molar refractivity (Wildman–Crippen MR) is 159 cm³/mol. The molecule has 0 aliphatic heterocycles. The van der Waals surface area contributed by atoms with Crippen molar-refractivity contribution in [2.24, 2.45) is 0 Å². The molecule has 4 nitrogen and oxygen atoms in total. The quantitative estimate of drug-likeness (QED) is 0.225. The van der Waals surface area contributed by atoms with E-state index in [9.17, 15) is 5.26 Å². The molecule has 0 amide bonds. The molecule has 4 heteroatoms. The Morgan fingerprint density at radius 1 is 0.538 bits per heavy atom. The molecule has 3 aromatic heterocycles. The number of rotatable bonds is 2. The van der Waals surface area contributed by atoms with Gasteiger partial charge in [0.2, 0.25) is 0 Å². The fraction of sp³-hybridized carbons (Fsp3) is 0. The van der Waals surface area contributed by atoms with E-state index in [0.29, 0.717) is 5.56 Å². The molecule has 8 aromatic rings. The molecule has 8 rings (SSSR count). The van der Waals surface area contributed by atoms with Gasteiger partial charge in [0.05, 0.1) is 39.4 Å². The van der Waals surface area contributed by atoms with E-state index in [4.69, 9.17) is 9.97 Å². The van der Waals surface area contributed by atoms with Crippen molar-refractivity contribution in [3.63, 3.8) is 0 Å². The van der Waals surface area contributed by atoms with Crippen molar-refractivity contribution in [2.45, 2.75) is 0 Å². The summed E-state index contributed by atoms with van der Waals surface area (Å²) in [6.45, 7) is 0. The van der Waals surface area contributed by atoms with Gasteiger partial charge >= 0.3 is 0 Å². The Hall–Kier alpha value is -5.53. The van der Waals surface area contributed by atoms with Gasteiger partial charge in [-0.2, -0.15) is 5.26 Å². The standard InChI is InChI=1S/C35H20N4/c36-21-22-9-16-27-29-20-26(14-17-28(29)35-38-32-7-3-4-8-33(32)39(35)34(27)19-22)23-10-12-25(13-11-23)31-18-15-24-5-1-2-6-30(24)37-31/h1-20H. The van der Waals surface area contributed by atoms with Crippen molar-refractivity contribution >= 4 is 49.3 Å². The average molecular weight is 497 g/mol. The van der Waals surface area contributed by atoms with Gasteiger partial charge in [-0.05, 0) is 65.0 Å². The van der Waals surface area contributed by atoms with Gasteiger partial charge in [-0.15, -0.1) is 0 Å². The van der Waals surface area contributed by atoms with Gasteiger partial charge in [-0.25, -0.2) is 9.97 Å². The van der Waals surface area contributed by atoms with Crippen LogP contribution in [0.4, 0.5) is 0 Å². The third-order valence-electron chi connectivity index (χ3n) is 7.59. The second-order valence-corrected chi connectivity index (χ2v) is 9.83. The fourth-order valence-electron chi connectivity index (χ4n) is 5.67. The normalized spacial score (nSPS) is 11.6. The summed E-state index contributed by atoms with van der Waals surface area (Å²) in [6, 6.07) is 43.9. The zero-order chi connectivity index (χ0) is 25.9. The Morgan fingerprint density at radius 3 is 2.15 bits per heavy atom. The molecule has 0 atom stereocenters. The summed E-state index contributed by atoms with van der Waals surface area (Å²) in [4.78, 5) is 9.84. The van der Waals surface area contributed by atoms with Gasteiger partial charge in [0.25, 0.3) is 0 Å². The fourth-order valence-corrected chi connectivity index (χ4v) is 5.67. The van der Waals surface area contributed by atoms with E-state index in [1.54, 1.807) is 0 Å². The SMILES string of the molecule is N#Cc1ccc2c3cc(-c4ccc(-c5ccc6ccccc6n5)cc4)ccc3c3nc4ccccc4n3c2c1. The first-order valence-corrected chi connectivity index (χ1v) is 12.9. The molecule has 0 saturated carbocycles. The highest BCUT2D eigenvalue weighted by Crippen LogP contribution is 2.35. The molecular formula is C35H20N4. The summed E-state index contributed by atoms with van der Waals surface area (Å²) in [6.07, 6.45) is 0. The third-order valence-corrected chi connectivity index (χ3v) is 7.59. The Kier molecular flexibility index (Phi) is 4.55. The Bertz CT molecular complexity index is 2290. The molecule has 180 valence electrons. The van der Waals surface area contributed by atoms with Gasteiger partial charge in [0.15, 0.2) is 0 Å². The highest BCUT2D eigenvalue weighted by atomic mass is 15.0. The first kappa shape index (κ1) is 21.5. The molecule has 0 fully saturated rings. The van der Waals surface area contributed by atoms with Crippen LogP contribution < -0.4 is 0 Å². The van der Waals surface area contributed by atoms with Gasteiger partial charge in [0.1, 0.15) is 5.65 Å². The smallest absolute Gasteiger partial charge is 0.146 e. The van der Waals surface area contributed by atoms with Crippen molar-refractivity contribution in [3.05, 3.63) is 127 Å². The zero-order valence-corrected chi connectivity index (χ0v) is 20.8. The maximum Gasteiger partial charge on any atom is 0.146 e. The second kappa shape index (κ2) is 8.24. The van der Waals surface area contributed by atoms with Gasteiger partial charge < -0.3 is 0 Å². The van der Waals surface area contributed by atoms with Gasteiger partial charge in [-0.3, -0.25) is 4.40 Å². The molecule has 0 N–H and O–H groups in total. The number of pyridine rings is 2. The molecule has 0 bridgehead atoms. The zero-order valence-electron chi connectivity index (χ0n) is 20.8. The number of para-hydroxylation sites is 3. The van der Waals surface area contributed by atoms with E-state index in [1.807, 2.05) is 48.5 Å². The van der Waals surface area contributed by atoms with Crippen LogP contribution in [0.5, 0.6) is 0 Å². The summed E-state index contributed by atoms with van der Waals surface area (Å²) in [5.41, 5.74) is 9.82. The van der Waals surface area contributed by atoms with E-state index < -0.39 is 0 Å². The largest absolute Gasteiger partial charge is 0.292 e. The minimum absolute atomic E-state index is 0.634. The van der Waals surface area contributed by atoms with Crippen LogP contribution in [0.2, 0.25) is 0 Å². The second-order valence-electron chi connectivity index (χ2n) is 9.83. The number of aromatic nitrogens is 3. The molecule has 39 heavy (non-hydrogen) atoms. The lowest BCUT2D eigenvalue weighted by Crippen LogP contribution is -1.93. The van der Waals surface area contributed by atoms with Crippen molar-refractivity contribution < 1.29 is 0 Å². The number of imidazole rings is 1. The third kappa shape index (κ3) is 3.31. The maximum absolute atomic E-state index is 9.62. The van der Waals surface area contributed by atoms with Gasteiger partial charge in [-0.1, -0.05) is 72.8 Å². The topological polar surface area (TPSA) is 54.0 Å². The van der Waals surface area contributed by atoms with Crippen LogP contribution >= 0.6 is 0 Å². The van der Waals surface area contributed by atoms with Crippen LogP contribution in [0.1, 0.15) is 5.56 Å². The molecule has 0 aliphatic rings. The van der Waals surface area contributed by atoms with E-state index in [1.165, 1.54) is 0 Å². The number of nitriles is 1. The summed E-state index contributed by atoms with van der Waals surface area (Å²) in [7, 11) is 0.